The van der Waals surface area contributed by atoms with Crippen LogP contribution >= 0.6 is 0 Å². The van der Waals surface area contributed by atoms with Gasteiger partial charge >= 0.3 is 0 Å². The predicted octanol–water partition coefficient (Wildman–Crippen LogP) is 2.31. The van der Waals surface area contributed by atoms with Crippen molar-refractivity contribution in [2.45, 2.75) is 51.7 Å². The number of aliphatic hydroxyl groups excluding tert-OH is 2. The molecule has 0 fully saturated rings. The second-order valence-electron chi connectivity index (χ2n) is 3.70. The molecule has 0 aliphatic heterocycles. The Morgan fingerprint density at radius 3 is 2.29 bits per heavy atom. The summed E-state index contributed by atoms with van der Waals surface area (Å²) in [4.78, 5) is 0. The van der Waals surface area contributed by atoms with E-state index in [2.05, 4.69) is 13.8 Å². The molecule has 0 aromatic rings. The van der Waals surface area contributed by atoms with Crippen molar-refractivity contribution in [1.82, 2.24) is 0 Å². The summed E-state index contributed by atoms with van der Waals surface area (Å²) in [6, 6.07) is 0. The van der Waals surface area contributed by atoms with Crippen molar-refractivity contribution in [3.63, 3.8) is 0 Å². The molecule has 83 valence electrons. The maximum absolute atomic E-state index is 9.83. The van der Waals surface area contributed by atoms with E-state index in [0.717, 1.165) is 12.8 Å². The van der Waals surface area contributed by atoms with Crippen LogP contribution in [0, 0.1) is 12.8 Å². The molecule has 14 heavy (non-hydrogen) atoms. The lowest BCUT2D eigenvalue weighted by molar-refractivity contribution is 0.00754. The van der Waals surface area contributed by atoms with Crippen LogP contribution in [0.15, 0.2) is 12.2 Å². The molecule has 0 amide bonds. The average molecular weight is 199 g/mol. The Hall–Kier alpha value is -0.340. The van der Waals surface area contributed by atoms with Crippen molar-refractivity contribution in [3.8, 4) is 0 Å². The number of hydrogen-bond donors (Lipinski definition) is 2. The molecule has 0 rings (SSSR count). The Labute approximate surface area is 87.7 Å². The van der Waals surface area contributed by atoms with E-state index in [0.29, 0.717) is 12.8 Å². The Balaban J connectivity index is 4.16. The fourth-order valence-electron chi connectivity index (χ4n) is 1.69. The van der Waals surface area contributed by atoms with E-state index < -0.39 is 6.10 Å². The monoisotopic (exact) mass is 199 g/mol. The third-order valence-corrected chi connectivity index (χ3v) is 2.57. The number of aliphatic hydroxyl groups is 2. The van der Waals surface area contributed by atoms with Crippen molar-refractivity contribution >= 4 is 0 Å². The quantitative estimate of drug-likeness (QED) is 0.660. The zero-order valence-corrected chi connectivity index (χ0v) is 9.32. The zero-order chi connectivity index (χ0) is 11.0. The highest BCUT2D eigenvalue weighted by Crippen LogP contribution is 2.20. The molecule has 0 saturated carbocycles. The van der Waals surface area contributed by atoms with Gasteiger partial charge in [-0.2, -0.15) is 0 Å². The van der Waals surface area contributed by atoms with Gasteiger partial charge in [0.2, 0.25) is 0 Å². The van der Waals surface area contributed by atoms with Crippen LogP contribution in [0.2, 0.25) is 0 Å². The SMILES string of the molecule is [CH2]C=CCC(O)C(CCC)C(O)CC. The molecule has 0 aromatic heterocycles. The minimum absolute atomic E-state index is 0.00111. The predicted molar refractivity (Wildman–Crippen MR) is 59.8 cm³/mol. The third kappa shape index (κ3) is 4.77. The largest absolute Gasteiger partial charge is 0.393 e. The van der Waals surface area contributed by atoms with Gasteiger partial charge in [-0.1, -0.05) is 32.4 Å². The van der Waals surface area contributed by atoms with E-state index >= 15 is 0 Å². The first kappa shape index (κ1) is 13.7. The first-order valence-corrected chi connectivity index (χ1v) is 5.47. The number of hydrogen-bond acceptors (Lipinski definition) is 2. The number of rotatable bonds is 7. The maximum Gasteiger partial charge on any atom is 0.0627 e. The molecule has 0 aromatic carbocycles. The van der Waals surface area contributed by atoms with Crippen LogP contribution < -0.4 is 0 Å². The van der Waals surface area contributed by atoms with Crippen LogP contribution in [-0.2, 0) is 0 Å². The molecule has 0 bridgehead atoms. The molecule has 2 nitrogen and oxygen atoms in total. The van der Waals surface area contributed by atoms with Gasteiger partial charge in [-0.3, -0.25) is 0 Å². The van der Waals surface area contributed by atoms with Crippen LogP contribution in [0.25, 0.3) is 0 Å². The first-order chi connectivity index (χ1) is 6.67. The molecule has 0 spiro atoms. The van der Waals surface area contributed by atoms with Gasteiger partial charge in [0.1, 0.15) is 0 Å². The number of allylic oxidation sites excluding steroid dienone is 1. The maximum atomic E-state index is 9.83. The highest BCUT2D eigenvalue weighted by molar-refractivity contribution is 4.88. The van der Waals surface area contributed by atoms with Crippen LogP contribution in [0.3, 0.4) is 0 Å². The van der Waals surface area contributed by atoms with Gasteiger partial charge in [0, 0.05) is 5.92 Å². The van der Waals surface area contributed by atoms with Gasteiger partial charge in [-0.05, 0) is 26.2 Å². The summed E-state index contributed by atoms with van der Waals surface area (Å²) < 4.78 is 0. The lowest BCUT2D eigenvalue weighted by Gasteiger charge is -2.26. The smallest absolute Gasteiger partial charge is 0.0627 e. The topological polar surface area (TPSA) is 40.5 Å². The molecule has 0 saturated heterocycles. The second-order valence-corrected chi connectivity index (χ2v) is 3.70. The first-order valence-electron chi connectivity index (χ1n) is 5.47. The van der Waals surface area contributed by atoms with Crippen LogP contribution in [0.4, 0.5) is 0 Å². The fraction of sp³-hybridized carbons (Fsp3) is 0.750. The van der Waals surface area contributed by atoms with Gasteiger partial charge in [-0.15, -0.1) is 0 Å². The molecule has 0 heterocycles. The Morgan fingerprint density at radius 1 is 1.21 bits per heavy atom. The summed E-state index contributed by atoms with van der Waals surface area (Å²) in [7, 11) is 0. The van der Waals surface area contributed by atoms with Gasteiger partial charge in [0.25, 0.3) is 0 Å². The molecule has 1 radical (unpaired) electrons. The molecular weight excluding hydrogens is 176 g/mol. The summed E-state index contributed by atoms with van der Waals surface area (Å²) in [6.45, 7) is 7.58. The van der Waals surface area contributed by atoms with E-state index in [1.165, 1.54) is 0 Å². The lowest BCUT2D eigenvalue weighted by atomic mass is 9.88. The lowest BCUT2D eigenvalue weighted by Crippen LogP contribution is -2.31. The van der Waals surface area contributed by atoms with Crippen LogP contribution in [0.5, 0.6) is 0 Å². The zero-order valence-electron chi connectivity index (χ0n) is 9.32. The summed E-state index contributed by atoms with van der Waals surface area (Å²) in [6.07, 6.45) is 5.86. The molecule has 0 aliphatic rings. The fourth-order valence-corrected chi connectivity index (χ4v) is 1.69. The Morgan fingerprint density at radius 2 is 1.86 bits per heavy atom. The second kappa shape index (κ2) is 8.01. The molecule has 2 heteroatoms. The Bertz CT molecular complexity index is 154. The molecule has 3 atom stereocenters. The summed E-state index contributed by atoms with van der Waals surface area (Å²) in [5.41, 5.74) is 0. The van der Waals surface area contributed by atoms with E-state index in [-0.39, 0.29) is 12.0 Å². The van der Waals surface area contributed by atoms with Crippen molar-refractivity contribution < 1.29 is 10.2 Å². The summed E-state index contributed by atoms with van der Waals surface area (Å²) >= 11 is 0. The van der Waals surface area contributed by atoms with Crippen molar-refractivity contribution in [2.75, 3.05) is 0 Å². The van der Waals surface area contributed by atoms with E-state index in [1.807, 2.05) is 13.0 Å². The van der Waals surface area contributed by atoms with Gasteiger partial charge in [-0.25, -0.2) is 0 Å². The van der Waals surface area contributed by atoms with Crippen molar-refractivity contribution in [1.29, 1.82) is 0 Å². The minimum Gasteiger partial charge on any atom is -0.393 e. The minimum atomic E-state index is -0.442. The van der Waals surface area contributed by atoms with E-state index in [1.54, 1.807) is 6.08 Å². The third-order valence-electron chi connectivity index (χ3n) is 2.57. The Kier molecular flexibility index (Phi) is 7.81. The summed E-state index contributed by atoms with van der Waals surface area (Å²) in [5, 5.41) is 19.6. The van der Waals surface area contributed by atoms with E-state index in [4.69, 9.17) is 0 Å². The molecule has 0 aliphatic carbocycles. The molecule has 3 unspecified atom stereocenters. The van der Waals surface area contributed by atoms with Gasteiger partial charge < -0.3 is 10.2 Å². The summed E-state index contributed by atoms with van der Waals surface area (Å²) in [5.74, 6) is 0.00111. The molecular formula is C12H23O2. The van der Waals surface area contributed by atoms with Crippen molar-refractivity contribution in [3.05, 3.63) is 19.1 Å². The standard InChI is InChI=1S/C12H23O2/c1-4-7-9-12(14)10(8-5-2)11(13)6-3/h4,7,10-14H,1,5-6,8-9H2,2-3H3. The van der Waals surface area contributed by atoms with Gasteiger partial charge in [0.15, 0.2) is 0 Å². The van der Waals surface area contributed by atoms with E-state index in [9.17, 15) is 10.2 Å². The normalized spacial score (nSPS) is 18.4. The van der Waals surface area contributed by atoms with Crippen LogP contribution in [0.1, 0.15) is 39.5 Å². The van der Waals surface area contributed by atoms with Crippen molar-refractivity contribution in [2.24, 2.45) is 5.92 Å². The highest BCUT2D eigenvalue weighted by atomic mass is 16.3. The van der Waals surface area contributed by atoms with Crippen LogP contribution in [-0.4, -0.2) is 22.4 Å². The highest BCUT2D eigenvalue weighted by Gasteiger charge is 2.23. The molecule has 2 N–H and O–H groups in total. The average Bonchev–Trinajstić information content (AvgIpc) is 2.21. The van der Waals surface area contributed by atoms with Gasteiger partial charge in [0.05, 0.1) is 12.2 Å².